The third kappa shape index (κ3) is 2.97. The lowest BCUT2D eigenvalue weighted by Gasteiger charge is -2.32. The number of carbonyl (C=O) groups is 1. The zero-order valence-corrected chi connectivity index (χ0v) is 10.5. The van der Waals surface area contributed by atoms with Gasteiger partial charge in [-0.05, 0) is 51.0 Å². The monoisotopic (exact) mass is 224 g/mol. The number of nitrogens with zero attached hydrogens (tertiary/aromatic N) is 1. The van der Waals surface area contributed by atoms with Crippen LogP contribution in [0.15, 0.2) is 0 Å². The molecule has 2 rings (SSSR count). The van der Waals surface area contributed by atoms with E-state index in [2.05, 4.69) is 19.2 Å². The number of hydrogen-bond donors (Lipinski definition) is 1. The maximum Gasteiger partial charge on any atom is 0.239 e. The highest BCUT2D eigenvalue weighted by atomic mass is 16.2. The minimum atomic E-state index is 0.0856. The molecule has 3 heteroatoms. The second-order valence-corrected chi connectivity index (χ2v) is 5.46. The minimum Gasteiger partial charge on any atom is -0.341 e. The molecular weight excluding hydrogens is 200 g/mol. The molecule has 3 nitrogen and oxygen atoms in total. The Kier molecular flexibility index (Phi) is 3.85. The van der Waals surface area contributed by atoms with Gasteiger partial charge in [0, 0.05) is 13.1 Å². The van der Waals surface area contributed by atoms with Crippen LogP contribution in [0.25, 0.3) is 0 Å². The summed E-state index contributed by atoms with van der Waals surface area (Å²) in [7, 11) is 0. The molecule has 0 aromatic rings. The number of rotatable bonds is 4. The third-order valence-corrected chi connectivity index (χ3v) is 3.83. The summed E-state index contributed by atoms with van der Waals surface area (Å²) in [5.41, 5.74) is 0. The summed E-state index contributed by atoms with van der Waals surface area (Å²) >= 11 is 0. The van der Waals surface area contributed by atoms with E-state index in [9.17, 15) is 4.79 Å². The first-order valence-corrected chi connectivity index (χ1v) is 6.73. The van der Waals surface area contributed by atoms with Gasteiger partial charge in [0.25, 0.3) is 0 Å². The van der Waals surface area contributed by atoms with E-state index >= 15 is 0 Å². The lowest BCUT2D eigenvalue weighted by molar-refractivity contribution is -0.134. The molecule has 0 bridgehead atoms. The van der Waals surface area contributed by atoms with Crippen LogP contribution in [-0.4, -0.2) is 36.5 Å². The lowest BCUT2D eigenvalue weighted by atomic mass is 9.93. The largest absolute Gasteiger partial charge is 0.341 e. The standard InChI is InChI=1S/C13H24N2O/c1-3-15(9-11-4-5-11)13(16)12-8-10(2)6-7-14-12/h10-12,14H,3-9H2,1-2H3. The van der Waals surface area contributed by atoms with Crippen molar-refractivity contribution in [1.29, 1.82) is 0 Å². The number of carbonyl (C=O) groups excluding carboxylic acids is 1. The van der Waals surface area contributed by atoms with Gasteiger partial charge in [0.1, 0.15) is 0 Å². The topological polar surface area (TPSA) is 32.3 Å². The zero-order valence-electron chi connectivity index (χ0n) is 10.5. The molecule has 1 N–H and O–H groups in total. The molecule has 2 unspecified atom stereocenters. The summed E-state index contributed by atoms with van der Waals surface area (Å²) in [6.07, 6.45) is 4.86. The molecular formula is C13H24N2O. The van der Waals surface area contributed by atoms with Crippen molar-refractivity contribution in [3.63, 3.8) is 0 Å². The molecule has 1 aliphatic heterocycles. The highest BCUT2D eigenvalue weighted by molar-refractivity contribution is 5.82. The van der Waals surface area contributed by atoms with Crippen molar-refractivity contribution in [2.24, 2.45) is 11.8 Å². The molecule has 0 radical (unpaired) electrons. The van der Waals surface area contributed by atoms with Crippen LogP contribution in [0.2, 0.25) is 0 Å². The summed E-state index contributed by atoms with van der Waals surface area (Å²) in [4.78, 5) is 14.4. The van der Waals surface area contributed by atoms with Crippen LogP contribution in [-0.2, 0) is 4.79 Å². The molecule has 2 aliphatic rings. The Morgan fingerprint density at radius 3 is 2.69 bits per heavy atom. The molecule has 0 spiro atoms. The first kappa shape index (κ1) is 11.9. The van der Waals surface area contributed by atoms with E-state index in [0.29, 0.717) is 11.8 Å². The second kappa shape index (κ2) is 5.17. The Labute approximate surface area is 98.6 Å². The molecule has 1 amide bonds. The summed E-state index contributed by atoms with van der Waals surface area (Å²) in [6.45, 7) is 7.19. The van der Waals surface area contributed by atoms with Gasteiger partial charge in [0.05, 0.1) is 6.04 Å². The Bertz CT molecular complexity index is 244. The first-order chi connectivity index (χ1) is 7.70. The second-order valence-electron chi connectivity index (χ2n) is 5.46. The molecule has 1 heterocycles. The number of piperidine rings is 1. The number of likely N-dealkylation sites (N-methyl/N-ethyl adjacent to an activating group) is 1. The van der Waals surface area contributed by atoms with Crippen molar-refractivity contribution in [3.8, 4) is 0 Å². The van der Waals surface area contributed by atoms with Crippen LogP contribution >= 0.6 is 0 Å². The Balaban J connectivity index is 1.87. The number of nitrogens with one attached hydrogen (secondary N) is 1. The molecule has 16 heavy (non-hydrogen) atoms. The summed E-state index contributed by atoms with van der Waals surface area (Å²) in [6, 6.07) is 0.0856. The van der Waals surface area contributed by atoms with E-state index in [1.54, 1.807) is 0 Å². The maximum absolute atomic E-state index is 12.3. The quantitative estimate of drug-likeness (QED) is 0.787. The van der Waals surface area contributed by atoms with E-state index in [1.807, 2.05) is 4.90 Å². The molecule has 1 saturated heterocycles. The average Bonchev–Trinajstić information content (AvgIpc) is 3.09. The SMILES string of the molecule is CCN(CC1CC1)C(=O)C1CC(C)CCN1. The van der Waals surface area contributed by atoms with Crippen LogP contribution in [0.5, 0.6) is 0 Å². The number of hydrogen-bond acceptors (Lipinski definition) is 2. The predicted octanol–water partition coefficient (Wildman–Crippen LogP) is 1.63. The van der Waals surface area contributed by atoms with E-state index in [0.717, 1.165) is 32.0 Å². The highest BCUT2D eigenvalue weighted by Crippen LogP contribution is 2.30. The van der Waals surface area contributed by atoms with Gasteiger partial charge in [-0.25, -0.2) is 0 Å². The molecule has 92 valence electrons. The van der Waals surface area contributed by atoms with Gasteiger partial charge in [0.2, 0.25) is 5.91 Å². The van der Waals surface area contributed by atoms with E-state index in [-0.39, 0.29) is 6.04 Å². The van der Waals surface area contributed by atoms with Crippen LogP contribution in [0.4, 0.5) is 0 Å². The fraction of sp³-hybridized carbons (Fsp3) is 0.923. The maximum atomic E-state index is 12.3. The van der Waals surface area contributed by atoms with Crippen molar-refractivity contribution < 1.29 is 4.79 Å². The fourth-order valence-electron chi connectivity index (χ4n) is 2.50. The molecule has 0 aromatic carbocycles. The van der Waals surface area contributed by atoms with Gasteiger partial charge in [-0.2, -0.15) is 0 Å². The third-order valence-electron chi connectivity index (χ3n) is 3.83. The Hall–Kier alpha value is -0.570. The fourth-order valence-corrected chi connectivity index (χ4v) is 2.50. The molecule has 0 aromatic heterocycles. The van der Waals surface area contributed by atoms with Gasteiger partial charge in [0.15, 0.2) is 0 Å². The van der Waals surface area contributed by atoms with Gasteiger partial charge >= 0.3 is 0 Å². The average molecular weight is 224 g/mol. The van der Waals surface area contributed by atoms with Crippen molar-refractivity contribution in [2.75, 3.05) is 19.6 Å². The lowest BCUT2D eigenvalue weighted by Crippen LogP contribution is -2.50. The van der Waals surface area contributed by atoms with Gasteiger partial charge in [-0.3, -0.25) is 4.79 Å². The Morgan fingerprint density at radius 1 is 1.38 bits per heavy atom. The zero-order chi connectivity index (χ0) is 11.5. The molecule has 2 atom stereocenters. The van der Waals surface area contributed by atoms with E-state index in [4.69, 9.17) is 0 Å². The van der Waals surface area contributed by atoms with Gasteiger partial charge in [-0.15, -0.1) is 0 Å². The van der Waals surface area contributed by atoms with E-state index < -0.39 is 0 Å². The van der Waals surface area contributed by atoms with Gasteiger partial charge in [-0.1, -0.05) is 6.92 Å². The summed E-state index contributed by atoms with van der Waals surface area (Å²) in [5.74, 6) is 1.82. The van der Waals surface area contributed by atoms with Crippen molar-refractivity contribution in [3.05, 3.63) is 0 Å². The van der Waals surface area contributed by atoms with E-state index in [1.165, 1.54) is 19.3 Å². The van der Waals surface area contributed by atoms with Crippen molar-refractivity contribution in [2.45, 2.75) is 45.6 Å². The number of amides is 1. The van der Waals surface area contributed by atoms with Crippen LogP contribution < -0.4 is 5.32 Å². The summed E-state index contributed by atoms with van der Waals surface area (Å²) in [5, 5.41) is 3.37. The summed E-state index contributed by atoms with van der Waals surface area (Å²) < 4.78 is 0. The minimum absolute atomic E-state index is 0.0856. The van der Waals surface area contributed by atoms with Crippen LogP contribution in [0.1, 0.15) is 39.5 Å². The molecule has 1 saturated carbocycles. The highest BCUT2D eigenvalue weighted by Gasteiger charge is 2.31. The Morgan fingerprint density at radius 2 is 2.12 bits per heavy atom. The molecule has 1 aliphatic carbocycles. The van der Waals surface area contributed by atoms with Crippen LogP contribution in [0, 0.1) is 11.8 Å². The van der Waals surface area contributed by atoms with Crippen LogP contribution in [0.3, 0.4) is 0 Å². The van der Waals surface area contributed by atoms with Gasteiger partial charge < -0.3 is 10.2 Å². The van der Waals surface area contributed by atoms with Crippen molar-refractivity contribution >= 4 is 5.91 Å². The molecule has 2 fully saturated rings. The normalized spacial score (nSPS) is 30.1. The van der Waals surface area contributed by atoms with Crippen molar-refractivity contribution in [1.82, 2.24) is 10.2 Å². The first-order valence-electron chi connectivity index (χ1n) is 6.73. The predicted molar refractivity (Wildman–Crippen MR) is 65.2 cm³/mol. The smallest absolute Gasteiger partial charge is 0.239 e.